The lowest BCUT2D eigenvalue weighted by atomic mass is 10.2. The third kappa shape index (κ3) is 4.67. The molecule has 0 aromatic heterocycles. The molecule has 2 aromatic carbocycles. The Morgan fingerprint density at radius 3 is 2.52 bits per heavy atom. The van der Waals surface area contributed by atoms with Crippen LogP contribution in [0, 0.1) is 0 Å². The van der Waals surface area contributed by atoms with Gasteiger partial charge in [0.1, 0.15) is 19.3 Å². The number of carbonyl (C=O) groups excluding carboxylic acids is 2. The van der Waals surface area contributed by atoms with Gasteiger partial charge < -0.3 is 19.1 Å². The van der Waals surface area contributed by atoms with E-state index in [0.717, 1.165) is 4.31 Å². The Labute approximate surface area is 192 Å². The van der Waals surface area contributed by atoms with E-state index < -0.39 is 34.0 Å². The van der Waals surface area contributed by atoms with E-state index in [2.05, 4.69) is 0 Å². The van der Waals surface area contributed by atoms with Crippen LogP contribution in [0.25, 0.3) is 0 Å². The zero-order chi connectivity index (χ0) is 23.6. The van der Waals surface area contributed by atoms with E-state index in [9.17, 15) is 18.0 Å². The predicted molar refractivity (Wildman–Crippen MR) is 120 cm³/mol. The Morgan fingerprint density at radius 2 is 1.79 bits per heavy atom. The van der Waals surface area contributed by atoms with E-state index in [1.54, 1.807) is 37.4 Å². The van der Waals surface area contributed by atoms with Crippen molar-refractivity contribution < 1.29 is 32.2 Å². The zero-order valence-corrected chi connectivity index (χ0v) is 19.3. The topological polar surface area (TPSA) is 102 Å². The highest BCUT2D eigenvalue weighted by Crippen LogP contribution is 2.35. The smallest absolute Gasteiger partial charge is 0.325 e. The van der Waals surface area contributed by atoms with E-state index >= 15 is 0 Å². The number of nitrogens with zero attached hydrogens (tertiary/aromatic N) is 2. The van der Waals surface area contributed by atoms with Crippen LogP contribution in [0.1, 0.15) is 19.8 Å². The molecule has 0 bridgehead atoms. The fraction of sp³-hybridized carbons (Fsp3) is 0.391. The average Bonchev–Trinajstić information content (AvgIpc) is 3.34. The Balaban J connectivity index is 1.47. The minimum Gasteiger partial charge on any atom is -0.486 e. The minimum absolute atomic E-state index is 0.0133. The van der Waals surface area contributed by atoms with Crippen LogP contribution in [0.3, 0.4) is 0 Å². The quantitative estimate of drug-likeness (QED) is 0.592. The van der Waals surface area contributed by atoms with Gasteiger partial charge in [0, 0.05) is 25.3 Å². The number of likely N-dealkylation sites (N-methyl/N-ethyl adjacent to an activating group) is 1. The van der Waals surface area contributed by atoms with Crippen LogP contribution in [0.4, 0.5) is 5.69 Å². The molecule has 0 spiro atoms. The van der Waals surface area contributed by atoms with Gasteiger partial charge in [-0.25, -0.2) is 8.42 Å². The Bertz CT molecular complexity index is 1140. The number of hydrogen-bond acceptors (Lipinski definition) is 7. The molecule has 4 rings (SSSR count). The number of anilines is 1. The summed E-state index contributed by atoms with van der Waals surface area (Å²) in [7, 11) is -2.39. The van der Waals surface area contributed by atoms with Crippen LogP contribution in [-0.4, -0.2) is 63.6 Å². The molecule has 2 aliphatic heterocycles. The summed E-state index contributed by atoms with van der Waals surface area (Å²) in [5.74, 6) is -0.319. The maximum atomic E-state index is 13.3. The summed E-state index contributed by atoms with van der Waals surface area (Å²) in [6.45, 7) is 2.39. The van der Waals surface area contributed by atoms with Gasteiger partial charge in [-0.3, -0.25) is 9.59 Å². The zero-order valence-electron chi connectivity index (χ0n) is 18.5. The molecule has 33 heavy (non-hydrogen) atoms. The third-order valence-electron chi connectivity index (χ3n) is 5.71. The van der Waals surface area contributed by atoms with Gasteiger partial charge in [0.2, 0.25) is 10.0 Å². The number of benzene rings is 2. The van der Waals surface area contributed by atoms with Crippen LogP contribution in [0.2, 0.25) is 0 Å². The van der Waals surface area contributed by atoms with Gasteiger partial charge in [0.25, 0.3) is 5.91 Å². The first-order valence-corrected chi connectivity index (χ1v) is 12.2. The summed E-state index contributed by atoms with van der Waals surface area (Å²) in [4.78, 5) is 27.0. The van der Waals surface area contributed by atoms with Crippen molar-refractivity contribution in [1.82, 2.24) is 4.31 Å². The molecule has 1 fully saturated rings. The lowest BCUT2D eigenvalue weighted by Crippen LogP contribution is -2.44. The third-order valence-corrected chi connectivity index (χ3v) is 7.61. The normalized spacial score (nSPS) is 19.0. The Kier molecular flexibility index (Phi) is 6.57. The molecule has 2 aromatic rings. The summed E-state index contributed by atoms with van der Waals surface area (Å²) in [5.41, 5.74) is 0.661. The van der Waals surface area contributed by atoms with Gasteiger partial charge in [0.05, 0.1) is 4.90 Å². The molecule has 10 heteroatoms. The molecule has 9 nitrogen and oxygen atoms in total. The lowest BCUT2D eigenvalue weighted by Gasteiger charge is -2.26. The highest BCUT2D eigenvalue weighted by Gasteiger charge is 2.41. The second-order valence-corrected chi connectivity index (χ2v) is 9.78. The molecule has 2 aliphatic rings. The first-order valence-electron chi connectivity index (χ1n) is 10.7. The molecule has 0 unspecified atom stereocenters. The van der Waals surface area contributed by atoms with Gasteiger partial charge in [0.15, 0.2) is 17.6 Å². The number of esters is 1. The van der Waals surface area contributed by atoms with Gasteiger partial charge in [-0.2, -0.15) is 4.31 Å². The number of sulfonamides is 1. The van der Waals surface area contributed by atoms with E-state index in [4.69, 9.17) is 14.2 Å². The number of para-hydroxylation sites is 1. The van der Waals surface area contributed by atoms with Crippen molar-refractivity contribution in [3.63, 3.8) is 0 Å². The Morgan fingerprint density at radius 1 is 1.09 bits per heavy atom. The van der Waals surface area contributed by atoms with Crippen molar-refractivity contribution >= 4 is 27.6 Å². The number of fused-ring (bicyclic) bond motifs is 1. The van der Waals surface area contributed by atoms with Gasteiger partial charge in [-0.1, -0.05) is 18.2 Å². The molecule has 1 saturated heterocycles. The van der Waals surface area contributed by atoms with Crippen LogP contribution in [-0.2, 0) is 24.3 Å². The first kappa shape index (κ1) is 23.1. The molecule has 0 N–H and O–H groups in total. The lowest BCUT2D eigenvalue weighted by molar-refractivity contribution is -0.156. The van der Waals surface area contributed by atoms with Crippen LogP contribution in [0.5, 0.6) is 11.5 Å². The molecule has 1 amide bonds. The van der Waals surface area contributed by atoms with Crippen molar-refractivity contribution in [3.05, 3.63) is 48.5 Å². The fourth-order valence-corrected chi connectivity index (χ4v) is 5.60. The van der Waals surface area contributed by atoms with Crippen molar-refractivity contribution in [3.8, 4) is 11.5 Å². The monoisotopic (exact) mass is 474 g/mol. The van der Waals surface area contributed by atoms with Crippen LogP contribution in [0.15, 0.2) is 53.4 Å². The van der Waals surface area contributed by atoms with Crippen LogP contribution >= 0.6 is 0 Å². The number of rotatable bonds is 6. The van der Waals surface area contributed by atoms with E-state index in [-0.39, 0.29) is 11.4 Å². The van der Waals surface area contributed by atoms with Gasteiger partial charge >= 0.3 is 5.97 Å². The highest BCUT2D eigenvalue weighted by molar-refractivity contribution is 7.89. The maximum absolute atomic E-state index is 13.3. The van der Waals surface area contributed by atoms with Crippen LogP contribution < -0.4 is 14.4 Å². The molecular formula is C23H26N2O7S. The second-order valence-electron chi connectivity index (χ2n) is 7.89. The number of hydrogen-bond donors (Lipinski definition) is 0. The molecule has 0 saturated carbocycles. The molecule has 2 atom stereocenters. The molecule has 176 valence electrons. The van der Waals surface area contributed by atoms with E-state index in [1.807, 2.05) is 6.07 Å². The van der Waals surface area contributed by atoms with Gasteiger partial charge in [-0.15, -0.1) is 0 Å². The molecule has 2 heterocycles. The maximum Gasteiger partial charge on any atom is 0.325 e. The summed E-state index contributed by atoms with van der Waals surface area (Å²) in [6, 6.07) is 12.4. The number of ether oxygens (including phenoxy) is 3. The van der Waals surface area contributed by atoms with Crippen molar-refractivity contribution in [2.24, 2.45) is 0 Å². The average molecular weight is 475 g/mol. The molecular weight excluding hydrogens is 448 g/mol. The SMILES string of the molecule is C[C@H](OC(=O)[C@@H]1CCCN1S(=O)(=O)c1ccc2c(c1)OCCO2)C(=O)N(C)c1ccccc1. The largest absolute Gasteiger partial charge is 0.486 e. The summed E-state index contributed by atoms with van der Waals surface area (Å²) < 4.78 is 44.1. The standard InChI is InChI=1S/C23H26N2O7S/c1-16(22(26)24(2)17-7-4-3-5-8-17)32-23(27)19-9-6-12-25(19)33(28,29)18-10-11-20-21(15-18)31-14-13-30-20/h3-5,7-8,10-11,15-16,19H,6,9,12-14H2,1-2H3/t16-,19-/m0/s1. The fourth-order valence-electron chi connectivity index (χ4n) is 3.94. The Hall–Kier alpha value is -3.11. The minimum atomic E-state index is -3.98. The summed E-state index contributed by atoms with van der Waals surface area (Å²) in [5, 5.41) is 0. The summed E-state index contributed by atoms with van der Waals surface area (Å²) in [6.07, 6.45) is -0.240. The summed E-state index contributed by atoms with van der Waals surface area (Å²) >= 11 is 0. The van der Waals surface area contributed by atoms with E-state index in [1.165, 1.54) is 24.0 Å². The van der Waals surface area contributed by atoms with Crippen molar-refractivity contribution in [2.45, 2.75) is 36.8 Å². The van der Waals surface area contributed by atoms with Crippen molar-refractivity contribution in [1.29, 1.82) is 0 Å². The van der Waals surface area contributed by atoms with Gasteiger partial charge in [-0.05, 0) is 44.0 Å². The van der Waals surface area contributed by atoms with E-state index in [0.29, 0.717) is 43.2 Å². The molecule has 0 radical (unpaired) electrons. The number of amides is 1. The molecule has 0 aliphatic carbocycles. The first-order chi connectivity index (χ1) is 15.8. The predicted octanol–water partition coefficient (Wildman–Crippen LogP) is 2.21. The highest BCUT2D eigenvalue weighted by atomic mass is 32.2. The second kappa shape index (κ2) is 9.40. The van der Waals surface area contributed by atoms with Crippen molar-refractivity contribution in [2.75, 3.05) is 31.7 Å². The number of carbonyl (C=O) groups is 2.